The Morgan fingerprint density at radius 1 is 0.383 bits per heavy atom. The Balaban J connectivity index is 1.20. The molecule has 9 aromatic rings. The van der Waals surface area contributed by atoms with Gasteiger partial charge in [0.25, 0.3) is 0 Å². The van der Waals surface area contributed by atoms with Gasteiger partial charge in [-0.05, 0) is 82.2 Å². The highest BCUT2D eigenvalue weighted by Crippen LogP contribution is 2.39. The third-order valence-corrected chi connectivity index (χ3v) is 9.08. The minimum Gasteiger partial charge on any atom is -0.309 e. The Morgan fingerprint density at radius 2 is 1.04 bits per heavy atom. The van der Waals surface area contributed by atoms with Crippen LogP contribution in [-0.2, 0) is 0 Å². The number of hydrogen-bond donors (Lipinski definition) is 0. The van der Waals surface area contributed by atoms with Crippen molar-refractivity contribution < 1.29 is 0 Å². The molecule has 0 aliphatic heterocycles. The van der Waals surface area contributed by atoms with Gasteiger partial charge < -0.3 is 4.57 Å². The van der Waals surface area contributed by atoms with E-state index in [1.807, 2.05) is 30.6 Å². The zero-order chi connectivity index (χ0) is 31.2. The van der Waals surface area contributed by atoms with E-state index in [1.165, 1.54) is 54.8 Å². The van der Waals surface area contributed by atoms with E-state index in [4.69, 9.17) is 4.98 Å². The van der Waals surface area contributed by atoms with Crippen molar-refractivity contribution in [3.05, 3.63) is 176 Å². The second-order valence-electron chi connectivity index (χ2n) is 11.9. The quantitative estimate of drug-likeness (QED) is 0.197. The number of nitrogens with zero attached hydrogens (tertiary/aromatic N) is 3. The molecule has 0 atom stereocenters. The molecule has 0 bridgehead atoms. The van der Waals surface area contributed by atoms with Crippen molar-refractivity contribution in [2.75, 3.05) is 0 Å². The van der Waals surface area contributed by atoms with Gasteiger partial charge in [0.2, 0.25) is 0 Å². The summed E-state index contributed by atoms with van der Waals surface area (Å²) in [6.45, 7) is 0. The van der Waals surface area contributed by atoms with Crippen LogP contribution in [0.15, 0.2) is 176 Å². The summed E-state index contributed by atoms with van der Waals surface area (Å²) in [6.07, 6.45) is 3.72. The van der Waals surface area contributed by atoms with Gasteiger partial charge >= 0.3 is 0 Å². The maximum Gasteiger partial charge on any atom is 0.0717 e. The van der Waals surface area contributed by atoms with E-state index in [9.17, 15) is 0 Å². The molecule has 0 N–H and O–H groups in total. The van der Waals surface area contributed by atoms with Crippen molar-refractivity contribution in [2.24, 2.45) is 0 Å². The highest BCUT2D eigenvalue weighted by atomic mass is 15.0. The SMILES string of the molecule is c1ccc(-c2cccc(-c3ccc4c5ccc6cc(-c7ccc(-c8ccccn8)cn7)ccc6c5n(-c5ccccc5)c4c3)c2)cc1. The predicted octanol–water partition coefficient (Wildman–Crippen LogP) is 11.4. The van der Waals surface area contributed by atoms with Crippen LogP contribution < -0.4 is 0 Å². The van der Waals surface area contributed by atoms with Crippen LogP contribution in [0.2, 0.25) is 0 Å². The van der Waals surface area contributed by atoms with Crippen molar-refractivity contribution in [1.82, 2.24) is 14.5 Å². The summed E-state index contributed by atoms with van der Waals surface area (Å²) in [5.74, 6) is 0. The van der Waals surface area contributed by atoms with E-state index in [-0.39, 0.29) is 0 Å². The molecule has 9 rings (SSSR count). The average molecular weight is 600 g/mol. The summed E-state index contributed by atoms with van der Waals surface area (Å²) in [6, 6.07) is 58.3. The first-order chi connectivity index (χ1) is 23.3. The van der Waals surface area contributed by atoms with Crippen LogP contribution in [0.3, 0.4) is 0 Å². The fourth-order valence-corrected chi connectivity index (χ4v) is 6.78. The number of pyridine rings is 2. The van der Waals surface area contributed by atoms with Crippen molar-refractivity contribution >= 4 is 32.6 Å². The Bertz CT molecular complexity index is 2530. The molecule has 0 radical (unpaired) electrons. The highest BCUT2D eigenvalue weighted by Gasteiger charge is 2.17. The largest absolute Gasteiger partial charge is 0.309 e. The monoisotopic (exact) mass is 599 g/mol. The average Bonchev–Trinajstić information content (AvgIpc) is 3.50. The van der Waals surface area contributed by atoms with Crippen molar-refractivity contribution in [2.45, 2.75) is 0 Å². The third kappa shape index (κ3) is 4.77. The lowest BCUT2D eigenvalue weighted by Crippen LogP contribution is -1.94. The van der Waals surface area contributed by atoms with E-state index in [1.54, 1.807) is 0 Å². The Labute approximate surface area is 273 Å². The van der Waals surface area contributed by atoms with Gasteiger partial charge in [0.1, 0.15) is 0 Å². The van der Waals surface area contributed by atoms with Crippen molar-refractivity contribution in [3.8, 4) is 50.5 Å². The molecule has 0 amide bonds. The fraction of sp³-hybridized carbons (Fsp3) is 0. The lowest BCUT2D eigenvalue weighted by molar-refractivity contribution is 1.19. The number of benzene rings is 6. The maximum absolute atomic E-state index is 4.81. The normalized spacial score (nSPS) is 11.4. The molecule has 3 heteroatoms. The summed E-state index contributed by atoms with van der Waals surface area (Å²) >= 11 is 0. The fourth-order valence-electron chi connectivity index (χ4n) is 6.78. The van der Waals surface area contributed by atoms with Crippen LogP contribution in [0.25, 0.3) is 83.0 Å². The number of aromatic nitrogens is 3. The zero-order valence-corrected chi connectivity index (χ0v) is 25.6. The van der Waals surface area contributed by atoms with E-state index < -0.39 is 0 Å². The first kappa shape index (κ1) is 27.0. The van der Waals surface area contributed by atoms with Crippen molar-refractivity contribution in [1.29, 1.82) is 0 Å². The third-order valence-electron chi connectivity index (χ3n) is 9.08. The number of fused-ring (bicyclic) bond motifs is 5. The van der Waals surface area contributed by atoms with Crippen LogP contribution in [0, 0.1) is 0 Å². The standard InChI is InChI=1S/C44H29N3/c1-3-10-30(11-4-1)31-12-9-13-32(26-31)33-17-22-39-40-23-18-34-27-35(42-24-20-36(29-46-42)41-16-7-8-25-45-41)19-21-38(34)44(40)47(43(39)28-33)37-14-5-2-6-15-37/h1-29H. The number of rotatable bonds is 5. The molecule has 3 nitrogen and oxygen atoms in total. The summed E-state index contributed by atoms with van der Waals surface area (Å²) < 4.78 is 2.43. The van der Waals surface area contributed by atoms with Gasteiger partial charge in [0.05, 0.1) is 22.4 Å². The molecule has 6 aromatic carbocycles. The lowest BCUT2D eigenvalue weighted by Gasteiger charge is -2.12. The van der Waals surface area contributed by atoms with Crippen LogP contribution in [0.4, 0.5) is 0 Å². The molecule has 3 heterocycles. The molecular formula is C44H29N3. The molecule has 0 unspecified atom stereocenters. The van der Waals surface area contributed by atoms with Gasteiger partial charge in [0.15, 0.2) is 0 Å². The van der Waals surface area contributed by atoms with Gasteiger partial charge in [0, 0.05) is 45.4 Å². The molecule has 0 saturated carbocycles. The maximum atomic E-state index is 4.81. The molecule has 0 saturated heterocycles. The Kier molecular flexibility index (Phi) is 6.46. The van der Waals surface area contributed by atoms with Gasteiger partial charge in [-0.3, -0.25) is 9.97 Å². The predicted molar refractivity (Wildman–Crippen MR) is 196 cm³/mol. The van der Waals surface area contributed by atoms with Gasteiger partial charge in [-0.2, -0.15) is 0 Å². The molecule has 0 aliphatic rings. The molecule has 220 valence electrons. The molecule has 0 spiro atoms. The number of hydrogen-bond acceptors (Lipinski definition) is 2. The molecule has 0 fully saturated rings. The van der Waals surface area contributed by atoms with E-state index in [2.05, 4.69) is 155 Å². The Morgan fingerprint density at radius 3 is 1.83 bits per heavy atom. The molecule has 3 aromatic heterocycles. The van der Waals surface area contributed by atoms with E-state index in [0.29, 0.717) is 0 Å². The number of para-hydroxylation sites is 1. The van der Waals surface area contributed by atoms with Gasteiger partial charge in [-0.15, -0.1) is 0 Å². The van der Waals surface area contributed by atoms with Crippen molar-refractivity contribution in [3.63, 3.8) is 0 Å². The van der Waals surface area contributed by atoms with Crippen LogP contribution in [0.1, 0.15) is 0 Å². The zero-order valence-electron chi connectivity index (χ0n) is 25.6. The molecule has 47 heavy (non-hydrogen) atoms. The summed E-state index contributed by atoms with van der Waals surface area (Å²) in [5.41, 5.74) is 12.4. The summed E-state index contributed by atoms with van der Waals surface area (Å²) in [4.78, 5) is 9.28. The van der Waals surface area contributed by atoms with Crippen LogP contribution >= 0.6 is 0 Å². The van der Waals surface area contributed by atoms with Gasteiger partial charge in [-0.1, -0.05) is 109 Å². The Hall–Kier alpha value is -6.32. The lowest BCUT2D eigenvalue weighted by atomic mass is 9.98. The topological polar surface area (TPSA) is 30.7 Å². The minimum absolute atomic E-state index is 0.924. The molecule has 0 aliphatic carbocycles. The first-order valence-electron chi connectivity index (χ1n) is 15.9. The van der Waals surface area contributed by atoms with E-state index >= 15 is 0 Å². The smallest absolute Gasteiger partial charge is 0.0717 e. The van der Waals surface area contributed by atoms with E-state index in [0.717, 1.165) is 28.2 Å². The summed E-state index contributed by atoms with van der Waals surface area (Å²) in [7, 11) is 0. The summed E-state index contributed by atoms with van der Waals surface area (Å²) in [5, 5.41) is 4.88. The first-order valence-corrected chi connectivity index (χ1v) is 15.9. The second-order valence-corrected chi connectivity index (χ2v) is 11.9. The second kappa shape index (κ2) is 11.2. The van der Waals surface area contributed by atoms with Crippen LogP contribution in [-0.4, -0.2) is 14.5 Å². The highest BCUT2D eigenvalue weighted by molar-refractivity contribution is 6.19. The van der Waals surface area contributed by atoms with Gasteiger partial charge in [-0.25, -0.2) is 0 Å². The molecular weight excluding hydrogens is 571 g/mol. The van der Waals surface area contributed by atoms with Crippen LogP contribution in [0.5, 0.6) is 0 Å². The minimum atomic E-state index is 0.924.